The Hall–Kier alpha value is -3.46. The van der Waals surface area contributed by atoms with Crippen LogP contribution in [0.25, 0.3) is 33.5 Å². The van der Waals surface area contributed by atoms with Crippen LogP contribution < -0.4 is 4.74 Å². The molecular weight excluding hydrogens is 517 g/mol. The van der Waals surface area contributed by atoms with Crippen LogP contribution in [0, 0.1) is 5.95 Å². The van der Waals surface area contributed by atoms with Crippen molar-refractivity contribution in [1.29, 1.82) is 0 Å². The first-order chi connectivity index (χ1) is 20.7. The first kappa shape index (κ1) is 31.5. The van der Waals surface area contributed by atoms with E-state index in [1.165, 1.54) is 81.8 Å². The summed E-state index contributed by atoms with van der Waals surface area (Å²) in [6, 6.07) is 28.5. The highest BCUT2D eigenvalue weighted by Crippen LogP contribution is 2.29. The molecule has 0 aliphatic rings. The molecule has 0 aliphatic heterocycles. The van der Waals surface area contributed by atoms with Crippen molar-refractivity contribution >= 4 is 0 Å². The standard InChI is InChI=1S/C39H48FNO/c1-3-5-7-9-11-13-15-31-16-18-32(19-17-31)33-20-22-34(23-21-33)37-28-29-38(41-39(37)40)35-24-26-36(27-25-35)42-30-14-12-10-8-6-4-2/h16-29H,3-15,30H2,1-2H3. The lowest BCUT2D eigenvalue weighted by atomic mass is 9.98. The van der Waals surface area contributed by atoms with Crippen LogP contribution in [-0.2, 0) is 6.42 Å². The molecule has 0 atom stereocenters. The summed E-state index contributed by atoms with van der Waals surface area (Å²) in [7, 11) is 0. The van der Waals surface area contributed by atoms with E-state index in [-0.39, 0.29) is 0 Å². The Morgan fingerprint density at radius 3 is 1.67 bits per heavy atom. The number of hydrogen-bond donors (Lipinski definition) is 0. The van der Waals surface area contributed by atoms with Gasteiger partial charge < -0.3 is 4.74 Å². The Bertz CT molecular complexity index is 1310. The van der Waals surface area contributed by atoms with Crippen molar-refractivity contribution < 1.29 is 9.13 Å². The highest BCUT2D eigenvalue weighted by atomic mass is 19.1. The summed E-state index contributed by atoms with van der Waals surface area (Å²) in [6.07, 6.45) is 16.5. The van der Waals surface area contributed by atoms with Crippen molar-refractivity contribution in [2.24, 2.45) is 0 Å². The normalized spacial score (nSPS) is 11.1. The zero-order chi connectivity index (χ0) is 29.4. The van der Waals surface area contributed by atoms with E-state index in [2.05, 4.69) is 55.2 Å². The topological polar surface area (TPSA) is 22.1 Å². The smallest absolute Gasteiger partial charge is 0.221 e. The maximum absolute atomic E-state index is 15.1. The fraction of sp³-hybridized carbons (Fsp3) is 0.410. The summed E-state index contributed by atoms with van der Waals surface area (Å²) in [5, 5.41) is 0. The molecule has 42 heavy (non-hydrogen) atoms. The third-order valence-corrected chi connectivity index (χ3v) is 8.07. The Labute approximate surface area is 253 Å². The molecule has 4 aromatic rings. The van der Waals surface area contributed by atoms with Crippen molar-refractivity contribution in [3.8, 4) is 39.3 Å². The highest BCUT2D eigenvalue weighted by molar-refractivity contribution is 5.72. The van der Waals surface area contributed by atoms with Crippen LogP contribution in [0.4, 0.5) is 4.39 Å². The van der Waals surface area contributed by atoms with E-state index in [0.717, 1.165) is 41.9 Å². The van der Waals surface area contributed by atoms with Crippen LogP contribution in [0.2, 0.25) is 0 Å². The van der Waals surface area contributed by atoms with Gasteiger partial charge in [-0.05, 0) is 77.9 Å². The van der Waals surface area contributed by atoms with E-state index >= 15 is 4.39 Å². The molecule has 0 saturated heterocycles. The average molecular weight is 566 g/mol. The molecular formula is C39H48FNO. The Morgan fingerprint density at radius 1 is 0.524 bits per heavy atom. The zero-order valence-corrected chi connectivity index (χ0v) is 25.7. The Kier molecular flexibility index (Phi) is 13.1. The summed E-state index contributed by atoms with van der Waals surface area (Å²) in [6.45, 7) is 5.23. The molecule has 0 saturated carbocycles. The summed E-state index contributed by atoms with van der Waals surface area (Å²) < 4.78 is 21.0. The van der Waals surface area contributed by atoms with Crippen LogP contribution in [0.5, 0.6) is 5.75 Å². The van der Waals surface area contributed by atoms with Gasteiger partial charge in [0.15, 0.2) is 0 Å². The van der Waals surface area contributed by atoms with Gasteiger partial charge in [-0.2, -0.15) is 4.39 Å². The van der Waals surface area contributed by atoms with Crippen LogP contribution in [0.15, 0.2) is 84.9 Å². The lowest BCUT2D eigenvalue weighted by Gasteiger charge is -2.09. The van der Waals surface area contributed by atoms with Crippen molar-refractivity contribution in [2.45, 2.75) is 97.3 Å². The van der Waals surface area contributed by atoms with E-state index in [0.29, 0.717) is 11.3 Å². The van der Waals surface area contributed by atoms with Crippen LogP contribution >= 0.6 is 0 Å². The predicted molar refractivity (Wildman–Crippen MR) is 176 cm³/mol. The maximum Gasteiger partial charge on any atom is 0.221 e. The molecule has 0 aliphatic carbocycles. The number of hydrogen-bond acceptors (Lipinski definition) is 2. The molecule has 4 rings (SSSR count). The molecule has 0 bridgehead atoms. The number of aromatic nitrogens is 1. The molecule has 0 N–H and O–H groups in total. The summed E-state index contributed by atoms with van der Waals surface area (Å²) in [4.78, 5) is 4.29. The number of nitrogens with zero attached hydrogens (tertiary/aromatic N) is 1. The molecule has 1 aromatic heterocycles. The van der Waals surface area contributed by atoms with Gasteiger partial charge in [0.2, 0.25) is 5.95 Å². The maximum atomic E-state index is 15.1. The van der Waals surface area contributed by atoms with Crippen molar-refractivity contribution in [2.75, 3.05) is 6.61 Å². The quantitative estimate of drug-likeness (QED) is 0.0884. The number of unbranched alkanes of at least 4 members (excludes halogenated alkanes) is 10. The molecule has 0 spiro atoms. The molecule has 0 amide bonds. The number of pyridine rings is 1. The summed E-state index contributed by atoms with van der Waals surface area (Å²) in [5.41, 5.74) is 6.55. The summed E-state index contributed by atoms with van der Waals surface area (Å²) >= 11 is 0. The molecule has 0 fully saturated rings. The minimum Gasteiger partial charge on any atom is -0.494 e. The molecule has 2 nitrogen and oxygen atoms in total. The van der Waals surface area contributed by atoms with Gasteiger partial charge in [0.05, 0.1) is 12.3 Å². The number of ether oxygens (including phenoxy) is 1. The zero-order valence-electron chi connectivity index (χ0n) is 25.7. The van der Waals surface area contributed by atoms with Gasteiger partial charge in [-0.1, -0.05) is 127 Å². The molecule has 0 unspecified atom stereocenters. The second-order valence-corrected chi connectivity index (χ2v) is 11.5. The number of aryl methyl sites for hydroxylation is 1. The van der Waals surface area contributed by atoms with E-state index in [1.807, 2.05) is 48.5 Å². The van der Waals surface area contributed by atoms with Gasteiger partial charge in [-0.3, -0.25) is 0 Å². The van der Waals surface area contributed by atoms with E-state index in [9.17, 15) is 0 Å². The number of benzene rings is 3. The van der Waals surface area contributed by atoms with Crippen molar-refractivity contribution in [1.82, 2.24) is 4.98 Å². The summed E-state index contributed by atoms with van der Waals surface area (Å²) in [5.74, 6) is 0.389. The molecule has 1 heterocycles. The minimum absolute atomic E-state index is 0.456. The number of halogens is 1. The predicted octanol–water partition coefficient (Wildman–Crippen LogP) is 11.9. The van der Waals surface area contributed by atoms with Gasteiger partial charge in [0.1, 0.15) is 5.75 Å². The fourth-order valence-electron chi connectivity index (χ4n) is 5.42. The first-order valence-corrected chi connectivity index (χ1v) is 16.3. The third-order valence-electron chi connectivity index (χ3n) is 8.07. The van der Waals surface area contributed by atoms with E-state index in [1.54, 1.807) is 0 Å². The third kappa shape index (κ3) is 9.82. The fourth-order valence-corrected chi connectivity index (χ4v) is 5.42. The minimum atomic E-state index is -0.456. The van der Waals surface area contributed by atoms with Crippen LogP contribution in [-0.4, -0.2) is 11.6 Å². The van der Waals surface area contributed by atoms with Gasteiger partial charge in [0, 0.05) is 11.1 Å². The molecule has 3 heteroatoms. The largest absolute Gasteiger partial charge is 0.494 e. The van der Waals surface area contributed by atoms with Gasteiger partial charge in [-0.15, -0.1) is 0 Å². The van der Waals surface area contributed by atoms with Gasteiger partial charge >= 0.3 is 0 Å². The monoisotopic (exact) mass is 565 g/mol. The number of rotatable bonds is 18. The molecule has 3 aromatic carbocycles. The second-order valence-electron chi connectivity index (χ2n) is 11.5. The highest BCUT2D eigenvalue weighted by Gasteiger charge is 2.10. The van der Waals surface area contributed by atoms with E-state index in [4.69, 9.17) is 4.74 Å². The van der Waals surface area contributed by atoms with Crippen LogP contribution in [0.3, 0.4) is 0 Å². The van der Waals surface area contributed by atoms with Crippen LogP contribution in [0.1, 0.15) is 96.5 Å². The van der Waals surface area contributed by atoms with Gasteiger partial charge in [0.25, 0.3) is 0 Å². The molecule has 0 radical (unpaired) electrons. The lowest BCUT2D eigenvalue weighted by Crippen LogP contribution is -1.97. The molecule has 222 valence electrons. The lowest BCUT2D eigenvalue weighted by molar-refractivity contribution is 0.304. The second kappa shape index (κ2) is 17.5. The Morgan fingerprint density at radius 2 is 1.05 bits per heavy atom. The van der Waals surface area contributed by atoms with Gasteiger partial charge in [-0.25, -0.2) is 4.98 Å². The van der Waals surface area contributed by atoms with Crippen molar-refractivity contribution in [3.05, 3.63) is 96.4 Å². The average Bonchev–Trinajstić information content (AvgIpc) is 3.03. The van der Waals surface area contributed by atoms with Crippen molar-refractivity contribution in [3.63, 3.8) is 0 Å². The first-order valence-electron chi connectivity index (χ1n) is 16.3. The van der Waals surface area contributed by atoms with E-state index < -0.39 is 5.95 Å². The Balaban J connectivity index is 1.29. The SMILES string of the molecule is CCCCCCCCOc1ccc(-c2ccc(-c3ccc(-c4ccc(CCCCCCCC)cc4)cc3)c(F)n2)cc1.